The Balaban J connectivity index is 1.96. The molecule has 0 aliphatic rings. The van der Waals surface area contributed by atoms with Gasteiger partial charge in [-0.3, -0.25) is 24.0 Å². The molecule has 1 aromatic heterocycles. The van der Waals surface area contributed by atoms with Crippen LogP contribution in [0.4, 0.5) is 0 Å². The lowest BCUT2D eigenvalue weighted by molar-refractivity contribution is -0.138. The zero-order valence-electron chi connectivity index (χ0n) is 16.5. The van der Waals surface area contributed by atoms with Gasteiger partial charge < -0.3 is 37.5 Å². The number of nitrogens with one attached hydrogen (secondary N) is 4. The summed E-state index contributed by atoms with van der Waals surface area (Å²) in [7, 11) is 0. The second-order valence-electron chi connectivity index (χ2n) is 6.79. The molecule has 0 aliphatic carbocycles. The Morgan fingerprint density at radius 3 is 2.42 bits per heavy atom. The number of carboxylic acids is 1. The molecular formula is C19H24N6O6. The number of amides is 4. The summed E-state index contributed by atoms with van der Waals surface area (Å²) in [6.45, 7) is -1.16. The zero-order chi connectivity index (χ0) is 23.0. The highest BCUT2D eigenvalue weighted by Gasteiger charge is 2.26. The molecule has 31 heavy (non-hydrogen) atoms. The Morgan fingerprint density at radius 1 is 1.03 bits per heavy atom. The summed E-state index contributed by atoms with van der Waals surface area (Å²) in [4.78, 5) is 61.1. The smallest absolute Gasteiger partial charge is 0.322 e. The molecule has 0 spiro atoms. The Hall–Kier alpha value is -3.93. The van der Waals surface area contributed by atoms with Gasteiger partial charge in [-0.2, -0.15) is 0 Å². The normalized spacial score (nSPS) is 12.5. The Bertz CT molecular complexity index is 987. The van der Waals surface area contributed by atoms with Crippen LogP contribution in [0.5, 0.6) is 0 Å². The maximum absolute atomic E-state index is 12.5. The van der Waals surface area contributed by atoms with Crippen molar-refractivity contribution in [3.8, 4) is 0 Å². The Labute approximate surface area is 176 Å². The summed E-state index contributed by atoms with van der Waals surface area (Å²) in [5.74, 6) is -4.36. The van der Waals surface area contributed by atoms with Crippen LogP contribution in [0.3, 0.4) is 0 Å². The van der Waals surface area contributed by atoms with Crippen LogP contribution in [0, 0.1) is 0 Å². The summed E-state index contributed by atoms with van der Waals surface area (Å²) in [5, 5.41) is 16.1. The van der Waals surface area contributed by atoms with E-state index >= 15 is 0 Å². The third-order valence-electron chi connectivity index (χ3n) is 4.35. The molecule has 12 heteroatoms. The molecule has 2 unspecified atom stereocenters. The first-order valence-corrected chi connectivity index (χ1v) is 9.32. The second kappa shape index (κ2) is 10.7. The lowest BCUT2D eigenvalue weighted by atomic mass is 10.0. The minimum atomic E-state index is -1.34. The molecule has 2 aromatic rings. The highest BCUT2D eigenvalue weighted by Crippen LogP contribution is 2.18. The maximum Gasteiger partial charge on any atom is 0.322 e. The van der Waals surface area contributed by atoms with E-state index in [4.69, 9.17) is 16.6 Å². The quantitative estimate of drug-likeness (QED) is 0.206. The van der Waals surface area contributed by atoms with Gasteiger partial charge in [-0.15, -0.1) is 0 Å². The van der Waals surface area contributed by atoms with Gasteiger partial charge in [0, 0.05) is 17.1 Å². The molecule has 9 N–H and O–H groups in total. The van der Waals surface area contributed by atoms with Crippen LogP contribution < -0.4 is 27.4 Å². The first-order valence-electron chi connectivity index (χ1n) is 9.32. The van der Waals surface area contributed by atoms with E-state index in [-0.39, 0.29) is 6.42 Å². The molecular weight excluding hydrogens is 408 g/mol. The standard InChI is InChI=1S/C19H24N6O6/c20-12(5-10-7-22-13-4-2-1-3-11(10)13)18(30)25-14(6-15(21)26)19(31)24-8-16(27)23-9-17(28)29/h1-4,7,12,14,22H,5-6,8-9,20H2,(H2,21,26)(H,23,27)(H,24,31)(H,25,30)(H,28,29). The van der Waals surface area contributed by atoms with Gasteiger partial charge in [0.15, 0.2) is 0 Å². The SMILES string of the molecule is NC(=O)CC(NC(=O)C(N)Cc1c[nH]c2ccccc12)C(=O)NCC(=O)NCC(=O)O. The molecule has 0 aliphatic heterocycles. The fourth-order valence-electron chi connectivity index (χ4n) is 2.85. The van der Waals surface area contributed by atoms with E-state index in [1.165, 1.54) is 0 Å². The molecule has 0 radical (unpaired) electrons. The maximum atomic E-state index is 12.5. The van der Waals surface area contributed by atoms with Crippen LogP contribution in [0.2, 0.25) is 0 Å². The van der Waals surface area contributed by atoms with Crippen molar-refractivity contribution < 1.29 is 29.1 Å². The largest absolute Gasteiger partial charge is 0.480 e. The van der Waals surface area contributed by atoms with E-state index in [0.29, 0.717) is 0 Å². The molecule has 12 nitrogen and oxygen atoms in total. The van der Waals surface area contributed by atoms with E-state index in [2.05, 4.69) is 20.9 Å². The van der Waals surface area contributed by atoms with E-state index in [1.54, 1.807) is 6.20 Å². The van der Waals surface area contributed by atoms with Crippen molar-refractivity contribution in [1.82, 2.24) is 20.9 Å². The molecule has 1 aromatic carbocycles. The second-order valence-corrected chi connectivity index (χ2v) is 6.79. The van der Waals surface area contributed by atoms with Crippen LogP contribution in [0.1, 0.15) is 12.0 Å². The predicted molar refractivity (Wildman–Crippen MR) is 109 cm³/mol. The minimum absolute atomic E-state index is 0.179. The van der Waals surface area contributed by atoms with Crippen molar-refractivity contribution in [2.75, 3.05) is 13.1 Å². The molecule has 166 valence electrons. The van der Waals surface area contributed by atoms with Gasteiger partial charge in [-0.05, 0) is 18.1 Å². The number of carbonyl (C=O) groups excluding carboxylic acids is 4. The molecule has 4 amide bonds. The summed E-state index contributed by atoms with van der Waals surface area (Å²) in [6.07, 6.45) is 1.41. The van der Waals surface area contributed by atoms with Crippen LogP contribution in [-0.4, -0.2) is 64.9 Å². The average molecular weight is 432 g/mol. The van der Waals surface area contributed by atoms with Gasteiger partial charge in [0.2, 0.25) is 23.6 Å². The lowest BCUT2D eigenvalue weighted by Gasteiger charge is -2.19. The first-order chi connectivity index (χ1) is 14.7. The number of hydrogen-bond donors (Lipinski definition) is 7. The number of carboxylic acid groups (broad SMARTS) is 1. The van der Waals surface area contributed by atoms with Crippen LogP contribution >= 0.6 is 0 Å². The van der Waals surface area contributed by atoms with Crippen molar-refractivity contribution in [1.29, 1.82) is 0 Å². The number of carbonyl (C=O) groups is 5. The lowest BCUT2D eigenvalue weighted by Crippen LogP contribution is -2.54. The average Bonchev–Trinajstić information content (AvgIpc) is 3.12. The topological polar surface area (TPSA) is 209 Å². The van der Waals surface area contributed by atoms with Crippen molar-refractivity contribution in [2.45, 2.75) is 24.9 Å². The van der Waals surface area contributed by atoms with Gasteiger partial charge >= 0.3 is 5.97 Å². The van der Waals surface area contributed by atoms with Crippen molar-refractivity contribution in [3.63, 3.8) is 0 Å². The summed E-state index contributed by atoms with van der Waals surface area (Å²) in [6, 6.07) is 5.12. The number of H-pyrrole nitrogens is 1. The van der Waals surface area contributed by atoms with Crippen molar-refractivity contribution in [3.05, 3.63) is 36.0 Å². The molecule has 0 saturated heterocycles. The van der Waals surface area contributed by atoms with Crippen LogP contribution in [0.25, 0.3) is 10.9 Å². The number of hydrogen-bond acceptors (Lipinski definition) is 6. The number of nitrogens with two attached hydrogens (primary N) is 2. The van der Waals surface area contributed by atoms with Crippen molar-refractivity contribution in [2.24, 2.45) is 11.5 Å². The molecule has 0 fully saturated rings. The molecule has 0 saturated carbocycles. The molecule has 1 heterocycles. The number of aromatic nitrogens is 1. The highest BCUT2D eigenvalue weighted by molar-refractivity contribution is 5.95. The third kappa shape index (κ3) is 7.12. The number of aliphatic carboxylic acids is 1. The van der Waals surface area contributed by atoms with E-state index < -0.39 is 61.2 Å². The molecule has 0 bridgehead atoms. The van der Waals surface area contributed by atoms with Crippen molar-refractivity contribution >= 4 is 40.5 Å². The minimum Gasteiger partial charge on any atom is -0.480 e. The van der Waals surface area contributed by atoms with Crippen LogP contribution in [0.15, 0.2) is 30.5 Å². The van der Waals surface area contributed by atoms with E-state index in [9.17, 15) is 24.0 Å². The van der Waals surface area contributed by atoms with Gasteiger partial charge in [-0.25, -0.2) is 0 Å². The summed E-state index contributed by atoms with van der Waals surface area (Å²) < 4.78 is 0. The summed E-state index contributed by atoms with van der Waals surface area (Å²) >= 11 is 0. The zero-order valence-corrected chi connectivity index (χ0v) is 16.5. The first kappa shape index (κ1) is 23.3. The third-order valence-corrected chi connectivity index (χ3v) is 4.35. The molecule has 2 rings (SSSR count). The Kier molecular flexibility index (Phi) is 8.09. The van der Waals surface area contributed by atoms with E-state index in [0.717, 1.165) is 16.5 Å². The van der Waals surface area contributed by atoms with Gasteiger partial charge in [0.1, 0.15) is 12.6 Å². The predicted octanol–water partition coefficient (Wildman–Crippen LogP) is -2.29. The number of primary amides is 1. The number of para-hydroxylation sites is 1. The number of aromatic amines is 1. The monoisotopic (exact) mass is 432 g/mol. The number of benzene rings is 1. The highest BCUT2D eigenvalue weighted by atomic mass is 16.4. The van der Waals surface area contributed by atoms with Crippen LogP contribution in [-0.2, 0) is 30.4 Å². The summed E-state index contributed by atoms with van der Waals surface area (Å²) in [5.41, 5.74) is 12.8. The van der Waals surface area contributed by atoms with Gasteiger partial charge in [0.25, 0.3) is 0 Å². The van der Waals surface area contributed by atoms with Gasteiger partial charge in [-0.1, -0.05) is 18.2 Å². The fourth-order valence-corrected chi connectivity index (χ4v) is 2.85. The number of rotatable bonds is 11. The fraction of sp³-hybridized carbons (Fsp3) is 0.316. The molecule has 2 atom stereocenters. The van der Waals surface area contributed by atoms with Gasteiger partial charge in [0.05, 0.1) is 19.0 Å². The van der Waals surface area contributed by atoms with E-state index in [1.807, 2.05) is 24.3 Å². The Morgan fingerprint density at radius 2 is 1.74 bits per heavy atom. The number of fused-ring (bicyclic) bond motifs is 1.